The molecule has 3 aromatic rings. The number of rotatable bonds is 5. The number of β-amino-alcohol motifs (C(OH)–C–C–N with tert-alkyl or cyclic N) is 1. The Morgan fingerprint density at radius 1 is 1.13 bits per heavy atom. The molecule has 1 aromatic carbocycles. The number of benzene rings is 1. The maximum atomic E-state index is 10.1. The van der Waals surface area contributed by atoms with E-state index < -0.39 is 6.10 Å². The van der Waals surface area contributed by atoms with Crippen molar-refractivity contribution in [3.63, 3.8) is 0 Å². The van der Waals surface area contributed by atoms with Crippen molar-refractivity contribution in [1.82, 2.24) is 14.3 Å². The lowest BCUT2D eigenvalue weighted by Gasteiger charge is -2.39. The van der Waals surface area contributed by atoms with Crippen LogP contribution in [0, 0.1) is 11.3 Å². The minimum atomic E-state index is -0.455. The number of aromatic nitrogens is 2. The Hall–Kier alpha value is -2.66. The van der Waals surface area contributed by atoms with Crippen molar-refractivity contribution in [2.75, 3.05) is 51.3 Å². The Bertz CT molecular complexity index is 1140. The second kappa shape index (κ2) is 8.46. The van der Waals surface area contributed by atoms with E-state index in [9.17, 15) is 10.4 Å². The van der Waals surface area contributed by atoms with Gasteiger partial charge in [0.15, 0.2) is 5.65 Å². The fraction of sp³-hybridized carbons (Fsp3) is 0.500. The first-order chi connectivity index (χ1) is 15.2. The molecule has 1 unspecified atom stereocenters. The fourth-order valence-corrected chi connectivity index (χ4v) is 5.24. The van der Waals surface area contributed by atoms with E-state index >= 15 is 0 Å². The Morgan fingerprint density at radius 3 is 2.61 bits per heavy atom. The van der Waals surface area contributed by atoms with Crippen LogP contribution in [0.1, 0.15) is 29.5 Å². The lowest BCUT2D eigenvalue weighted by atomic mass is 9.88. The van der Waals surface area contributed by atoms with Gasteiger partial charge in [0.1, 0.15) is 11.9 Å². The van der Waals surface area contributed by atoms with Crippen molar-refractivity contribution in [1.29, 1.82) is 5.26 Å². The number of hydrogen-bond donors (Lipinski definition) is 1. The van der Waals surface area contributed by atoms with Crippen molar-refractivity contribution >= 4 is 22.5 Å². The van der Waals surface area contributed by atoms with E-state index in [2.05, 4.69) is 26.3 Å². The van der Waals surface area contributed by atoms with E-state index in [0.717, 1.165) is 74.1 Å². The lowest BCUT2D eigenvalue weighted by Crippen LogP contribution is -2.50. The first kappa shape index (κ1) is 20.3. The van der Waals surface area contributed by atoms with Crippen LogP contribution in [-0.2, 0) is 17.6 Å². The number of ether oxygens (including phenoxy) is 1. The molecule has 0 saturated carbocycles. The summed E-state index contributed by atoms with van der Waals surface area (Å²) in [5, 5.41) is 20.1. The zero-order valence-corrected chi connectivity index (χ0v) is 18.0. The van der Waals surface area contributed by atoms with E-state index in [1.165, 1.54) is 16.9 Å². The SMILES string of the molecule is COCC(O)CN1CCN(c2c3c(c(C#N)c4nc5ccccc5n24)CCCC3)CC1. The number of anilines is 1. The standard InChI is InChI=1S/C24H29N5O2/c1-31-16-17(30)15-27-10-12-28(13-11-27)24-19-7-3-2-6-18(19)20(14-25)23-26-21-8-4-5-9-22(21)29(23)24/h4-5,8-9,17,30H,2-3,6-7,10-13,15-16H2,1H3. The summed E-state index contributed by atoms with van der Waals surface area (Å²) >= 11 is 0. The highest BCUT2D eigenvalue weighted by atomic mass is 16.5. The molecule has 0 amide bonds. The second-order valence-corrected chi connectivity index (χ2v) is 8.63. The van der Waals surface area contributed by atoms with Gasteiger partial charge in [-0.05, 0) is 48.9 Å². The minimum Gasteiger partial charge on any atom is -0.389 e. The summed E-state index contributed by atoms with van der Waals surface area (Å²) in [7, 11) is 1.62. The van der Waals surface area contributed by atoms with Gasteiger partial charge in [-0.1, -0.05) is 12.1 Å². The third-order valence-electron chi connectivity index (χ3n) is 6.65. The summed E-state index contributed by atoms with van der Waals surface area (Å²) in [6.07, 6.45) is 3.79. The molecule has 162 valence electrons. The smallest absolute Gasteiger partial charge is 0.157 e. The third kappa shape index (κ3) is 3.55. The van der Waals surface area contributed by atoms with Crippen LogP contribution in [0.4, 0.5) is 5.82 Å². The van der Waals surface area contributed by atoms with E-state index in [-0.39, 0.29) is 0 Å². The summed E-state index contributed by atoms with van der Waals surface area (Å²) in [5.74, 6) is 1.22. The number of aliphatic hydroxyl groups is 1. The molecule has 1 aliphatic heterocycles. The maximum Gasteiger partial charge on any atom is 0.157 e. The molecule has 5 rings (SSSR count). The van der Waals surface area contributed by atoms with Gasteiger partial charge in [-0.2, -0.15) is 5.26 Å². The number of hydrogen-bond acceptors (Lipinski definition) is 6. The molecule has 7 heteroatoms. The highest BCUT2D eigenvalue weighted by Crippen LogP contribution is 2.37. The number of aliphatic hydroxyl groups excluding tert-OH is 1. The second-order valence-electron chi connectivity index (χ2n) is 8.63. The Labute approximate surface area is 182 Å². The number of nitrogens with zero attached hydrogens (tertiary/aromatic N) is 5. The molecule has 2 aliphatic rings. The Morgan fingerprint density at radius 2 is 1.87 bits per heavy atom. The first-order valence-corrected chi connectivity index (χ1v) is 11.2. The molecule has 1 aliphatic carbocycles. The maximum absolute atomic E-state index is 10.1. The van der Waals surface area contributed by atoms with E-state index in [4.69, 9.17) is 9.72 Å². The zero-order valence-electron chi connectivity index (χ0n) is 18.0. The van der Waals surface area contributed by atoms with Gasteiger partial charge >= 0.3 is 0 Å². The van der Waals surface area contributed by atoms with E-state index in [1.54, 1.807) is 7.11 Å². The van der Waals surface area contributed by atoms with Crippen LogP contribution in [0.5, 0.6) is 0 Å². The van der Waals surface area contributed by atoms with Crippen molar-refractivity contribution < 1.29 is 9.84 Å². The zero-order chi connectivity index (χ0) is 21.4. The average Bonchev–Trinajstić information content (AvgIpc) is 3.17. The van der Waals surface area contributed by atoms with Gasteiger partial charge in [-0.15, -0.1) is 0 Å². The van der Waals surface area contributed by atoms with Gasteiger partial charge in [-0.3, -0.25) is 9.30 Å². The Kier molecular flexibility index (Phi) is 5.53. The predicted molar refractivity (Wildman–Crippen MR) is 121 cm³/mol. The molecule has 7 nitrogen and oxygen atoms in total. The number of fused-ring (bicyclic) bond motifs is 4. The van der Waals surface area contributed by atoms with Crippen LogP contribution in [0.2, 0.25) is 0 Å². The van der Waals surface area contributed by atoms with Crippen LogP contribution in [0.15, 0.2) is 24.3 Å². The molecule has 1 N–H and O–H groups in total. The van der Waals surface area contributed by atoms with Crippen LogP contribution < -0.4 is 4.90 Å². The van der Waals surface area contributed by atoms with E-state index in [1.807, 2.05) is 18.2 Å². The molecule has 0 bridgehead atoms. The summed E-state index contributed by atoms with van der Waals surface area (Å²) in [6, 6.07) is 10.7. The molecular formula is C24H29N5O2. The van der Waals surface area contributed by atoms with Crippen molar-refractivity contribution in [3.8, 4) is 6.07 Å². The molecule has 2 aromatic heterocycles. The highest BCUT2D eigenvalue weighted by molar-refractivity contribution is 5.86. The lowest BCUT2D eigenvalue weighted by molar-refractivity contribution is 0.0365. The quantitative estimate of drug-likeness (QED) is 0.684. The minimum absolute atomic E-state index is 0.366. The molecule has 1 fully saturated rings. The van der Waals surface area contributed by atoms with Gasteiger partial charge in [0.05, 0.1) is 29.3 Å². The average molecular weight is 420 g/mol. The van der Waals surface area contributed by atoms with Crippen LogP contribution >= 0.6 is 0 Å². The number of para-hydroxylation sites is 2. The molecule has 1 atom stereocenters. The summed E-state index contributed by atoms with van der Waals surface area (Å²) in [6.45, 7) is 4.56. The summed E-state index contributed by atoms with van der Waals surface area (Å²) < 4.78 is 7.31. The van der Waals surface area contributed by atoms with Crippen LogP contribution in [0.3, 0.4) is 0 Å². The van der Waals surface area contributed by atoms with Crippen molar-refractivity contribution in [2.24, 2.45) is 0 Å². The first-order valence-electron chi connectivity index (χ1n) is 11.2. The molecule has 1 saturated heterocycles. The summed E-state index contributed by atoms with van der Waals surface area (Å²) in [5.41, 5.74) is 6.06. The van der Waals surface area contributed by atoms with Crippen molar-refractivity contribution in [3.05, 3.63) is 41.0 Å². The van der Waals surface area contributed by atoms with Gasteiger partial charge in [-0.25, -0.2) is 4.98 Å². The van der Waals surface area contributed by atoms with E-state index in [0.29, 0.717) is 13.2 Å². The van der Waals surface area contributed by atoms with Gasteiger partial charge in [0, 0.05) is 39.8 Å². The largest absolute Gasteiger partial charge is 0.389 e. The molecule has 31 heavy (non-hydrogen) atoms. The van der Waals surface area contributed by atoms with Crippen LogP contribution in [-0.4, -0.2) is 71.9 Å². The number of piperazine rings is 1. The number of nitriles is 1. The van der Waals surface area contributed by atoms with Gasteiger partial charge in [0.25, 0.3) is 0 Å². The molecular weight excluding hydrogens is 390 g/mol. The monoisotopic (exact) mass is 419 g/mol. The fourth-order valence-electron chi connectivity index (χ4n) is 5.24. The topological polar surface area (TPSA) is 77.0 Å². The molecule has 3 heterocycles. The highest BCUT2D eigenvalue weighted by Gasteiger charge is 2.29. The third-order valence-corrected chi connectivity index (χ3v) is 6.65. The molecule has 0 spiro atoms. The van der Waals surface area contributed by atoms with Gasteiger partial charge < -0.3 is 14.7 Å². The van der Waals surface area contributed by atoms with Crippen molar-refractivity contribution in [2.45, 2.75) is 31.8 Å². The number of pyridine rings is 1. The number of imidazole rings is 1. The number of methoxy groups -OCH3 is 1. The summed E-state index contributed by atoms with van der Waals surface area (Å²) in [4.78, 5) is 9.65. The Balaban J connectivity index is 1.58. The van der Waals surface area contributed by atoms with Gasteiger partial charge in [0.2, 0.25) is 0 Å². The van der Waals surface area contributed by atoms with Crippen LogP contribution in [0.25, 0.3) is 16.7 Å². The predicted octanol–water partition coefficient (Wildman–Crippen LogP) is 2.37. The normalized spacial score (nSPS) is 18.3. The molecule has 0 radical (unpaired) electrons.